The lowest BCUT2D eigenvalue weighted by molar-refractivity contribution is -0.141. The summed E-state index contributed by atoms with van der Waals surface area (Å²) in [6, 6.07) is -0.389. The summed E-state index contributed by atoms with van der Waals surface area (Å²) in [7, 11) is 2.96. The van der Waals surface area contributed by atoms with Gasteiger partial charge >= 0.3 is 5.97 Å². The summed E-state index contributed by atoms with van der Waals surface area (Å²) in [4.78, 5) is 38.7. The second kappa shape index (κ2) is 9.87. The molecule has 0 radical (unpaired) electrons. The van der Waals surface area contributed by atoms with Gasteiger partial charge in [0.2, 0.25) is 11.8 Å². The molecule has 2 heterocycles. The van der Waals surface area contributed by atoms with Crippen molar-refractivity contribution in [3.63, 3.8) is 0 Å². The Morgan fingerprint density at radius 2 is 2.03 bits per heavy atom. The fraction of sp³-hybridized carbons (Fsp3) is 0.700. The predicted molar refractivity (Wildman–Crippen MR) is 106 cm³/mol. The van der Waals surface area contributed by atoms with Gasteiger partial charge in [-0.15, -0.1) is 0 Å². The zero-order valence-corrected chi connectivity index (χ0v) is 17.9. The molecule has 1 saturated heterocycles. The highest BCUT2D eigenvalue weighted by molar-refractivity contribution is 5.90. The lowest BCUT2D eigenvalue weighted by Crippen LogP contribution is -2.45. The van der Waals surface area contributed by atoms with Crippen molar-refractivity contribution < 1.29 is 23.9 Å². The van der Waals surface area contributed by atoms with Gasteiger partial charge in [0.05, 0.1) is 38.4 Å². The third kappa shape index (κ3) is 5.79. The number of hydrogen-bond donors (Lipinski definition) is 1. The van der Waals surface area contributed by atoms with Crippen LogP contribution in [0.3, 0.4) is 0 Å². The normalized spacial score (nSPS) is 19.5. The number of nitrogens with zero attached hydrogens (tertiary/aromatic N) is 3. The molecule has 9 heteroatoms. The molecule has 1 aromatic rings. The first-order valence-electron chi connectivity index (χ1n) is 9.87. The summed E-state index contributed by atoms with van der Waals surface area (Å²) in [5.74, 6) is -1.07. The van der Waals surface area contributed by atoms with Crippen LogP contribution in [-0.2, 0) is 30.4 Å². The number of methoxy groups -OCH3 is 2. The molecule has 2 rings (SSSR count). The Morgan fingerprint density at radius 3 is 2.66 bits per heavy atom. The van der Waals surface area contributed by atoms with Crippen molar-refractivity contribution in [1.82, 2.24) is 20.0 Å². The summed E-state index contributed by atoms with van der Waals surface area (Å²) in [5, 5.41) is 7.22. The third-order valence-electron chi connectivity index (χ3n) is 4.99. The Hall–Kier alpha value is -2.42. The van der Waals surface area contributed by atoms with Gasteiger partial charge in [-0.25, -0.2) is 0 Å². The highest BCUT2D eigenvalue weighted by Gasteiger charge is 2.48. The number of carbonyl (C=O) groups excluding carboxylic acids is 3. The van der Waals surface area contributed by atoms with Crippen LogP contribution in [0.5, 0.6) is 0 Å². The van der Waals surface area contributed by atoms with E-state index in [1.807, 2.05) is 27.0 Å². The average molecular weight is 408 g/mol. The number of amides is 2. The van der Waals surface area contributed by atoms with E-state index in [4.69, 9.17) is 4.74 Å². The van der Waals surface area contributed by atoms with Crippen LogP contribution in [0.4, 0.5) is 0 Å². The van der Waals surface area contributed by atoms with E-state index in [1.54, 1.807) is 22.9 Å². The van der Waals surface area contributed by atoms with E-state index in [0.29, 0.717) is 26.1 Å². The summed E-state index contributed by atoms with van der Waals surface area (Å²) < 4.78 is 11.5. The quantitative estimate of drug-likeness (QED) is 0.488. The molecule has 1 N–H and O–H groups in total. The van der Waals surface area contributed by atoms with E-state index >= 15 is 0 Å². The number of carbonyl (C=O) groups is 3. The number of esters is 1. The second-order valence-electron chi connectivity index (χ2n) is 8.19. The van der Waals surface area contributed by atoms with Crippen molar-refractivity contribution in [1.29, 1.82) is 0 Å². The average Bonchev–Trinajstić information content (AvgIpc) is 3.26. The van der Waals surface area contributed by atoms with Gasteiger partial charge in [0.1, 0.15) is 0 Å². The number of hydrogen-bond acceptors (Lipinski definition) is 6. The monoisotopic (exact) mass is 408 g/mol. The van der Waals surface area contributed by atoms with E-state index in [2.05, 4.69) is 15.2 Å². The standard InChI is InChI=1S/C20H32N4O5/c1-20(2,3)24-16(25)11-15(19(27)21-8-6-7-17(26)29-5)18(24)14-12-22-23(13-14)9-10-28-4/h12-13,15,18H,6-11H2,1-5H3,(H,21,27). The largest absolute Gasteiger partial charge is 0.469 e. The molecule has 2 unspecified atom stereocenters. The maximum atomic E-state index is 12.9. The van der Waals surface area contributed by atoms with Crippen molar-refractivity contribution in [2.75, 3.05) is 27.4 Å². The van der Waals surface area contributed by atoms with Crippen LogP contribution in [-0.4, -0.2) is 65.4 Å². The zero-order valence-electron chi connectivity index (χ0n) is 17.9. The molecule has 2 amide bonds. The van der Waals surface area contributed by atoms with Crippen molar-refractivity contribution in [2.45, 2.75) is 58.2 Å². The molecule has 0 aliphatic carbocycles. The van der Waals surface area contributed by atoms with E-state index < -0.39 is 11.5 Å². The smallest absolute Gasteiger partial charge is 0.305 e. The summed E-state index contributed by atoms with van der Waals surface area (Å²) in [5.41, 5.74) is 0.396. The van der Waals surface area contributed by atoms with Gasteiger partial charge in [-0.2, -0.15) is 5.10 Å². The molecule has 0 aromatic carbocycles. The van der Waals surface area contributed by atoms with Gasteiger partial charge < -0.3 is 19.7 Å². The maximum Gasteiger partial charge on any atom is 0.305 e. The Balaban J connectivity index is 2.16. The molecule has 1 aromatic heterocycles. The number of likely N-dealkylation sites (tertiary alicyclic amines) is 1. The van der Waals surface area contributed by atoms with Gasteiger partial charge in [-0.3, -0.25) is 19.1 Å². The molecule has 0 saturated carbocycles. The van der Waals surface area contributed by atoms with Crippen molar-refractivity contribution >= 4 is 17.8 Å². The highest BCUT2D eigenvalue weighted by Crippen LogP contribution is 2.42. The van der Waals surface area contributed by atoms with E-state index in [0.717, 1.165) is 5.56 Å². The van der Waals surface area contributed by atoms with Gasteiger partial charge in [-0.1, -0.05) is 0 Å². The fourth-order valence-corrected chi connectivity index (χ4v) is 3.66. The Labute approximate surface area is 171 Å². The second-order valence-corrected chi connectivity index (χ2v) is 8.19. The first-order valence-corrected chi connectivity index (χ1v) is 9.87. The highest BCUT2D eigenvalue weighted by atomic mass is 16.5. The van der Waals surface area contributed by atoms with Crippen LogP contribution in [0, 0.1) is 5.92 Å². The van der Waals surface area contributed by atoms with Gasteiger partial charge in [-0.05, 0) is 27.2 Å². The topological polar surface area (TPSA) is 103 Å². The summed E-state index contributed by atoms with van der Waals surface area (Å²) in [6.07, 6.45) is 4.47. The molecular weight excluding hydrogens is 376 g/mol. The lowest BCUT2D eigenvalue weighted by atomic mass is 9.92. The minimum absolute atomic E-state index is 0.0538. The van der Waals surface area contributed by atoms with Crippen molar-refractivity contribution in [3.05, 3.63) is 18.0 Å². The van der Waals surface area contributed by atoms with E-state index in [1.165, 1.54) is 7.11 Å². The van der Waals surface area contributed by atoms with E-state index in [9.17, 15) is 14.4 Å². The molecule has 9 nitrogen and oxygen atoms in total. The SMILES string of the molecule is COCCn1cc(C2C(C(=O)NCCCC(=O)OC)CC(=O)N2C(C)(C)C)cn1. The first kappa shape index (κ1) is 22.9. The Bertz CT molecular complexity index is 725. The molecule has 0 spiro atoms. The molecule has 29 heavy (non-hydrogen) atoms. The molecule has 1 aliphatic rings. The molecule has 2 atom stereocenters. The molecule has 1 fully saturated rings. The molecular formula is C20H32N4O5. The zero-order chi connectivity index (χ0) is 21.6. The number of rotatable bonds is 9. The predicted octanol–water partition coefficient (Wildman–Crippen LogP) is 1.29. The Kier molecular flexibility index (Phi) is 7.78. The minimum atomic E-state index is -0.514. The van der Waals surface area contributed by atoms with Gasteiger partial charge in [0, 0.05) is 43.8 Å². The van der Waals surface area contributed by atoms with Crippen LogP contribution < -0.4 is 5.32 Å². The summed E-state index contributed by atoms with van der Waals surface area (Å²) in [6.45, 7) is 7.36. The molecule has 0 bridgehead atoms. The number of nitrogens with one attached hydrogen (secondary N) is 1. The van der Waals surface area contributed by atoms with Crippen LogP contribution in [0.1, 0.15) is 51.6 Å². The maximum absolute atomic E-state index is 12.9. The first-order chi connectivity index (χ1) is 13.7. The number of ether oxygens (including phenoxy) is 2. The van der Waals surface area contributed by atoms with Crippen LogP contribution in [0.25, 0.3) is 0 Å². The van der Waals surface area contributed by atoms with Gasteiger partial charge in [0.25, 0.3) is 0 Å². The third-order valence-corrected chi connectivity index (χ3v) is 4.99. The minimum Gasteiger partial charge on any atom is -0.469 e. The van der Waals surface area contributed by atoms with E-state index in [-0.39, 0.29) is 36.7 Å². The number of aromatic nitrogens is 2. The Morgan fingerprint density at radius 1 is 1.31 bits per heavy atom. The van der Waals surface area contributed by atoms with Crippen molar-refractivity contribution in [2.24, 2.45) is 5.92 Å². The fourth-order valence-electron chi connectivity index (χ4n) is 3.66. The van der Waals surface area contributed by atoms with Gasteiger partial charge in [0.15, 0.2) is 0 Å². The lowest BCUT2D eigenvalue weighted by Gasteiger charge is -2.38. The van der Waals surface area contributed by atoms with Crippen LogP contribution in [0.15, 0.2) is 12.4 Å². The molecule has 1 aliphatic heterocycles. The molecule has 162 valence electrons. The van der Waals surface area contributed by atoms with Crippen LogP contribution in [0.2, 0.25) is 0 Å². The van der Waals surface area contributed by atoms with Crippen molar-refractivity contribution in [3.8, 4) is 0 Å². The van der Waals surface area contributed by atoms with Crippen LogP contribution >= 0.6 is 0 Å². The summed E-state index contributed by atoms with van der Waals surface area (Å²) >= 11 is 0.